The smallest absolute Gasteiger partial charge is 0.352 e. The van der Waals surface area contributed by atoms with Crippen LogP contribution >= 0.6 is 27.5 Å². The van der Waals surface area contributed by atoms with Crippen LogP contribution in [0.15, 0.2) is 58.1 Å². The lowest BCUT2D eigenvalue weighted by Crippen LogP contribution is -2.26. The van der Waals surface area contributed by atoms with Gasteiger partial charge in [0.2, 0.25) is 0 Å². The predicted molar refractivity (Wildman–Crippen MR) is 95.0 cm³/mol. The van der Waals surface area contributed by atoms with E-state index in [2.05, 4.69) is 21.0 Å². The molecule has 0 spiro atoms. The Morgan fingerprint density at radius 3 is 2.48 bits per heavy atom. The van der Waals surface area contributed by atoms with E-state index in [-0.39, 0.29) is 17.7 Å². The summed E-state index contributed by atoms with van der Waals surface area (Å²) >= 11 is 9.71. The third kappa shape index (κ3) is 2.99. The van der Waals surface area contributed by atoms with E-state index < -0.39 is 5.97 Å². The fraction of sp³-hybridized carbons (Fsp3) is 0.176. The van der Waals surface area contributed by atoms with Crippen molar-refractivity contribution in [3.05, 3.63) is 63.6 Å². The highest BCUT2D eigenvalue weighted by Gasteiger charge is 2.39. The number of rotatable bonds is 3. The predicted octanol–water partition coefficient (Wildman–Crippen LogP) is 4.74. The Hall–Kier alpha value is -1.85. The number of anilines is 1. The highest BCUT2D eigenvalue weighted by molar-refractivity contribution is 9.10. The van der Waals surface area contributed by atoms with Gasteiger partial charge in [-0.1, -0.05) is 58.7 Å². The molecule has 0 aromatic heterocycles. The molecule has 0 aliphatic carbocycles. The summed E-state index contributed by atoms with van der Waals surface area (Å²) in [4.78, 5) is 11.5. The maximum atomic E-state index is 11.5. The average molecular weight is 394 g/mol. The molecule has 1 heterocycles. The third-order valence-electron chi connectivity index (χ3n) is 3.91. The maximum Gasteiger partial charge on any atom is 0.352 e. The molecule has 23 heavy (non-hydrogen) atoms. The van der Waals surface area contributed by atoms with Crippen molar-refractivity contribution in [1.29, 1.82) is 0 Å². The molecule has 0 radical (unpaired) electrons. The second-order valence-corrected chi connectivity index (χ2v) is 6.69. The molecule has 0 amide bonds. The molecule has 1 aliphatic rings. The van der Waals surface area contributed by atoms with Gasteiger partial charge in [0.1, 0.15) is 0 Å². The molecular weight excluding hydrogens is 380 g/mol. The Morgan fingerprint density at radius 1 is 1.22 bits per heavy atom. The summed E-state index contributed by atoms with van der Waals surface area (Å²) in [6.45, 7) is 1.87. The van der Waals surface area contributed by atoms with Gasteiger partial charge in [-0.2, -0.15) is 5.10 Å². The first-order chi connectivity index (χ1) is 11.0. The van der Waals surface area contributed by atoms with Gasteiger partial charge in [0, 0.05) is 10.4 Å². The number of para-hydroxylation sites is 1. The molecule has 2 aromatic carbocycles. The summed E-state index contributed by atoms with van der Waals surface area (Å²) < 4.78 is 0.968. The van der Waals surface area contributed by atoms with Crippen LogP contribution in [0.25, 0.3) is 0 Å². The Kier molecular flexibility index (Phi) is 4.41. The number of aliphatic carboxylic acids is 1. The van der Waals surface area contributed by atoms with E-state index in [1.807, 2.05) is 49.4 Å². The normalized spacial score (nSPS) is 20.5. The van der Waals surface area contributed by atoms with Gasteiger partial charge in [0.15, 0.2) is 5.71 Å². The molecule has 6 heteroatoms. The van der Waals surface area contributed by atoms with Gasteiger partial charge in [0.25, 0.3) is 0 Å². The fourth-order valence-corrected chi connectivity index (χ4v) is 3.29. The van der Waals surface area contributed by atoms with Gasteiger partial charge in [-0.3, -0.25) is 5.01 Å². The minimum atomic E-state index is -1.01. The first-order valence-corrected chi connectivity index (χ1v) is 8.27. The summed E-state index contributed by atoms with van der Waals surface area (Å²) in [5, 5.41) is 16.0. The number of carboxylic acid groups (broad SMARTS) is 1. The molecule has 118 valence electrons. The van der Waals surface area contributed by atoms with Crippen molar-refractivity contribution < 1.29 is 9.90 Å². The molecular formula is C17H14BrClN2O2. The van der Waals surface area contributed by atoms with Gasteiger partial charge in [-0.15, -0.1) is 0 Å². The second kappa shape index (κ2) is 6.34. The summed E-state index contributed by atoms with van der Waals surface area (Å²) in [6, 6.07) is 14.9. The molecule has 0 saturated carbocycles. The quantitative estimate of drug-likeness (QED) is 0.819. The van der Waals surface area contributed by atoms with E-state index in [1.54, 1.807) is 11.1 Å². The SMILES string of the molecule is C[C@@H]1C(C(=O)O)=NN(c2ccccc2Cl)[C@@H]1c1ccc(Br)cc1. The van der Waals surface area contributed by atoms with Crippen molar-refractivity contribution in [2.24, 2.45) is 11.0 Å². The van der Waals surface area contributed by atoms with Crippen LogP contribution in [0.2, 0.25) is 5.02 Å². The molecule has 0 fully saturated rings. The van der Waals surface area contributed by atoms with Gasteiger partial charge in [-0.05, 0) is 29.8 Å². The first kappa shape index (κ1) is 16.0. The highest BCUT2D eigenvalue weighted by Crippen LogP contribution is 2.41. The Bertz CT molecular complexity index is 776. The zero-order valence-electron chi connectivity index (χ0n) is 12.3. The number of hydrazone groups is 1. The molecule has 4 nitrogen and oxygen atoms in total. The van der Waals surface area contributed by atoms with E-state index in [4.69, 9.17) is 11.6 Å². The summed E-state index contributed by atoms with van der Waals surface area (Å²) in [5.41, 5.74) is 1.82. The number of carbonyl (C=O) groups is 1. The van der Waals surface area contributed by atoms with E-state index in [0.29, 0.717) is 10.7 Å². The summed E-state index contributed by atoms with van der Waals surface area (Å²) in [7, 11) is 0. The lowest BCUT2D eigenvalue weighted by atomic mass is 9.91. The number of nitrogens with zero attached hydrogens (tertiary/aromatic N) is 2. The lowest BCUT2D eigenvalue weighted by Gasteiger charge is -2.27. The number of halogens is 2. The third-order valence-corrected chi connectivity index (χ3v) is 4.76. The van der Waals surface area contributed by atoms with Crippen molar-refractivity contribution in [2.45, 2.75) is 13.0 Å². The highest BCUT2D eigenvalue weighted by atomic mass is 79.9. The molecule has 0 unspecified atom stereocenters. The van der Waals surface area contributed by atoms with Crippen molar-refractivity contribution in [1.82, 2.24) is 0 Å². The standard InChI is InChI=1S/C17H14BrClN2O2/c1-10-15(17(22)23)20-21(14-5-3-2-4-13(14)19)16(10)11-6-8-12(18)9-7-11/h2-10,16H,1H3,(H,22,23)/t10-,16+/m1/s1. The van der Waals surface area contributed by atoms with E-state index >= 15 is 0 Å². The van der Waals surface area contributed by atoms with Gasteiger partial charge >= 0.3 is 5.97 Å². The second-order valence-electron chi connectivity index (χ2n) is 5.37. The van der Waals surface area contributed by atoms with Crippen LogP contribution in [0.3, 0.4) is 0 Å². The van der Waals surface area contributed by atoms with Crippen LogP contribution in [0, 0.1) is 5.92 Å². The Morgan fingerprint density at radius 2 is 1.87 bits per heavy atom. The topological polar surface area (TPSA) is 52.9 Å². The van der Waals surface area contributed by atoms with Crippen LogP contribution in [0.5, 0.6) is 0 Å². The molecule has 3 rings (SSSR count). The van der Waals surface area contributed by atoms with Crippen LogP contribution < -0.4 is 5.01 Å². The fourth-order valence-electron chi connectivity index (χ4n) is 2.80. The number of hydrogen-bond acceptors (Lipinski definition) is 3. The van der Waals surface area contributed by atoms with Gasteiger partial charge in [0.05, 0.1) is 16.8 Å². The number of carboxylic acids is 1. The first-order valence-electron chi connectivity index (χ1n) is 7.10. The van der Waals surface area contributed by atoms with Gasteiger partial charge < -0.3 is 5.11 Å². The largest absolute Gasteiger partial charge is 0.477 e. The maximum absolute atomic E-state index is 11.5. The zero-order valence-corrected chi connectivity index (χ0v) is 14.6. The van der Waals surface area contributed by atoms with Crippen LogP contribution in [-0.2, 0) is 4.79 Å². The van der Waals surface area contributed by atoms with Crippen LogP contribution in [0.1, 0.15) is 18.5 Å². The molecule has 1 aliphatic heterocycles. The minimum absolute atomic E-state index is 0.137. The van der Waals surface area contributed by atoms with Crippen LogP contribution in [-0.4, -0.2) is 16.8 Å². The van der Waals surface area contributed by atoms with E-state index in [1.165, 1.54) is 0 Å². The average Bonchev–Trinajstić information content (AvgIpc) is 2.86. The Labute approximate surface area is 147 Å². The number of hydrogen-bond donors (Lipinski definition) is 1. The molecule has 1 N–H and O–H groups in total. The Balaban J connectivity index is 2.10. The monoisotopic (exact) mass is 392 g/mol. The van der Waals surface area contributed by atoms with Gasteiger partial charge in [-0.25, -0.2) is 4.79 Å². The summed E-state index contributed by atoms with van der Waals surface area (Å²) in [5.74, 6) is -1.26. The van der Waals surface area contributed by atoms with E-state index in [9.17, 15) is 9.90 Å². The zero-order chi connectivity index (χ0) is 16.6. The number of benzene rings is 2. The minimum Gasteiger partial charge on any atom is -0.477 e. The molecule has 0 saturated heterocycles. The molecule has 2 aromatic rings. The van der Waals surface area contributed by atoms with Crippen molar-refractivity contribution in [3.63, 3.8) is 0 Å². The molecule has 0 bridgehead atoms. The lowest BCUT2D eigenvalue weighted by molar-refractivity contribution is -0.129. The van der Waals surface area contributed by atoms with E-state index in [0.717, 1.165) is 10.0 Å². The van der Waals surface area contributed by atoms with Crippen molar-refractivity contribution >= 4 is 44.9 Å². The van der Waals surface area contributed by atoms with Crippen molar-refractivity contribution in [3.8, 4) is 0 Å². The molecule has 2 atom stereocenters. The van der Waals surface area contributed by atoms with Crippen LogP contribution in [0.4, 0.5) is 5.69 Å². The van der Waals surface area contributed by atoms with Crippen molar-refractivity contribution in [2.75, 3.05) is 5.01 Å². The summed E-state index contributed by atoms with van der Waals surface area (Å²) in [6.07, 6.45) is 0.